The lowest BCUT2D eigenvalue weighted by Crippen LogP contribution is -2.28. The maximum Gasteiger partial charge on any atom is 0.318 e. The molecule has 14 heavy (non-hydrogen) atoms. The van der Waals surface area contributed by atoms with Gasteiger partial charge in [-0.25, -0.2) is 0 Å². The van der Waals surface area contributed by atoms with E-state index in [9.17, 15) is 4.79 Å². The average molecular weight is 222 g/mol. The highest BCUT2D eigenvalue weighted by Gasteiger charge is 2.41. The van der Waals surface area contributed by atoms with Crippen LogP contribution in [0.2, 0.25) is 0 Å². The molecule has 1 saturated carbocycles. The van der Waals surface area contributed by atoms with Gasteiger partial charge in [0.05, 0.1) is 13.7 Å². The highest BCUT2D eigenvalue weighted by Crippen LogP contribution is 2.38. The van der Waals surface area contributed by atoms with E-state index < -0.39 is 5.92 Å². The van der Waals surface area contributed by atoms with Crippen LogP contribution in [0.15, 0.2) is 0 Å². The first-order valence-electron chi connectivity index (χ1n) is 4.49. The molecule has 1 atom stereocenters. The number of hydrogen-bond donors (Lipinski definition) is 1. The topological polar surface area (TPSA) is 59.4 Å². The molecule has 1 unspecified atom stereocenters. The minimum Gasteiger partial charge on any atom is -0.484 e. The van der Waals surface area contributed by atoms with E-state index in [1.165, 1.54) is 7.11 Å². The number of nitrogens with one attached hydrogen (secondary N) is 1. The zero-order valence-electron chi connectivity index (χ0n) is 8.41. The molecular formula is C9H16ClNO3. The largest absolute Gasteiger partial charge is 0.484 e. The number of carbonyl (C=O) groups excluding carboxylic acids is 1. The van der Waals surface area contributed by atoms with Crippen LogP contribution < -0.4 is 0 Å². The molecule has 82 valence electrons. The summed E-state index contributed by atoms with van der Waals surface area (Å²) in [5.74, 6) is -0.491. The summed E-state index contributed by atoms with van der Waals surface area (Å²) >= 11 is 0. The van der Waals surface area contributed by atoms with Crippen molar-refractivity contribution in [2.75, 3.05) is 13.7 Å². The molecule has 1 rings (SSSR count). The molecule has 1 N–H and O–H groups in total. The summed E-state index contributed by atoms with van der Waals surface area (Å²) in [6.45, 7) is 2.12. The normalized spacial score (nSPS) is 16.4. The Bertz CT molecular complexity index is 216. The molecule has 0 radical (unpaired) electrons. The van der Waals surface area contributed by atoms with Crippen LogP contribution in [0.1, 0.15) is 19.8 Å². The third-order valence-corrected chi connectivity index (χ3v) is 2.14. The summed E-state index contributed by atoms with van der Waals surface area (Å²) in [5, 5.41) is 7.45. The lowest BCUT2D eigenvalue weighted by atomic mass is 10.0. The molecule has 1 aliphatic rings. The predicted octanol–water partition coefficient (Wildman–Crippen LogP) is 1.62. The lowest BCUT2D eigenvalue weighted by molar-refractivity contribution is -0.146. The van der Waals surface area contributed by atoms with Gasteiger partial charge in [-0.3, -0.25) is 10.2 Å². The number of methoxy groups -OCH3 is 1. The fourth-order valence-corrected chi connectivity index (χ4v) is 1.30. The fourth-order valence-electron chi connectivity index (χ4n) is 1.30. The zero-order chi connectivity index (χ0) is 9.84. The van der Waals surface area contributed by atoms with E-state index in [1.54, 1.807) is 6.92 Å². The third kappa shape index (κ3) is 3.18. The van der Waals surface area contributed by atoms with Crippen LogP contribution in [0.25, 0.3) is 0 Å². The van der Waals surface area contributed by atoms with Gasteiger partial charge in [0.25, 0.3) is 0 Å². The second-order valence-corrected chi connectivity index (χ2v) is 3.14. The number of esters is 1. The Hall–Kier alpha value is -0.770. The fraction of sp³-hybridized carbons (Fsp3) is 0.778. The number of rotatable bonds is 4. The van der Waals surface area contributed by atoms with Crippen molar-refractivity contribution in [1.82, 2.24) is 0 Å². The van der Waals surface area contributed by atoms with Crippen LogP contribution in [-0.4, -0.2) is 25.6 Å². The Morgan fingerprint density at radius 1 is 1.57 bits per heavy atom. The number of carbonyl (C=O) groups is 1. The van der Waals surface area contributed by atoms with E-state index in [0.717, 1.165) is 12.8 Å². The Morgan fingerprint density at radius 3 is 2.50 bits per heavy atom. The van der Waals surface area contributed by atoms with Crippen LogP contribution in [0.3, 0.4) is 0 Å². The van der Waals surface area contributed by atoms with Crippen molar-refractivity contribution in [3.63, 3.8) is 0 Å². The van der Waals surface area contributed by atoms with E-state index in [2.05, 4.69) is 0 Å². The maximum atomic E-state index is 11.4. The molecule has 4 nitrogen and oxygen atoms in total. The summed E-state index contributed by atoms with van der Waals surface area (Å²) in [6.07, 6.45) is 1.99. The maximum absolute atomic E-state index is 11.4. The Labute approximate surface area is 89.9 Å². The molecule has 1 aliphatic carbocycles. The average Bonchev–Trinajstić information content (AvgIpc) is 2.89. The molecule has 1 fully saturated rings. The van der Waals surface area contributed by atoms with E-state index in [4.69, 9.17) is 14.9 Å². The van der Waals surface area contributed by atoms with Crippen molar-refractivity contribution in [2.24, 2.45) is 11.8 Å². The van der Waals surface area contributed by atoms with Crippen LogP contribution in [-0.2, 0) is 14.3 Å². The van der Waals surface area contributed by atoms with Gasteiger partial charge in [0.2, 0.25) is 0 Å². The Morgan fingerprint density at radius 2 is 2.14 bits per heavy atom. The van der Waals surface area contributed by atoms with Crippen LogP contribution in [0.4, 0.5) is 0 Å². The minimum atomic E-state index is -0.468. The molecule has 5 heteroatoms. The van der Waals surface area contributed by atoms with Gasteiger partial charge in [0, 0.05) is 0 Å². The summed E-state index contributed by atoms with van der Waals surface area (Å²) in [4.78, 5) is 11.4. The number of hydrogen-bond acceptors (Lipinski definition) is 4. The van der Waals surface area contributed by atoms with Gasteiger partial charge in [-0.2, -0.15) is 0 Å². The van der Waals surface area contributed by atoms with Gasteiger partial charge < -0.3 is 9.47 Å². The van der Waals surface area contributed by atoms with Crippen molar-refractivity contribution < 1.29 is 14.3 Å². The third-order valence-electron chi connectivity index (χ3n) is 2.14. The van der Waals surface area contributed by atoms with E-state index >= 15 is 0 Å². The quantitative estimate of drug-likeness (QED) is 0.446. The second-order valence-electron chi connectivity index (χ2n) is 3.14. The van der Waals surface area contributed by atoms with Crippen molar-refractivity contribution in [3.05, 3.63) is 0 Å². The van der Waals surface area contributed by atoms with Gasteiger partial charge in [0.15, 0.2) is 5.90 Å². The molecule has 0 amide bonds. The molecule has 0 heterocycles. The van der Waals surface area contributed by atoms with Gasteiger partial charge in [0.1, 0.15) is 5.92 Å². The molecule has 0 aromatic rings. The van der Waals surface area contributed by atoms with Gasteiger partial charge in [-0.15, -0.1) is 12.4 Å². The summed E-state index contributed by atoms with van der Waals surface area (Å²) in [7, 11) is 1.41. The van der Waals surface area contributed by atoms with Crippen LogP contribution in [0, 0.1) is 17.2 Å². The minimum absolute atomic E-state index is 0. The molecule has 0 spiro atoms. The van der Waals surface area contributed by atoms with Crippen molar-refractivity contribution in [3.8, 4) is 0 Å². The monoisotopic (exact) mass is 221 g/mol. The highest BCUT2D eigenvalue weighted by molar-refractivity contribution is 5.96. The highest BCUT2D eigenvalue weighted by atomic mass is 35.5. The van der Waals surface area contributed by atoms with E-state index in [1.807, 2.05) is 0 Å². The molecule has 0 saturated heterocycles. The van der Waals surface area contributed by atoms with Gasteiger partial charge in [-0.1, -0.05) is 0 Å². The van der Waals surface area contributed by atoms with Gasteiger partial charge in [-0.05, 0) is 25.7 Å². The van der Waals surface area contributed by atoms with E-state index in [0.29, 0.717) is 6.61 Å². The first-order chi connectivity index (χ1) is 6.20. The zero-order valence-corrected chi connectivity index (χ0v) is 9.23. The summed E-state index contributed by atoms with van der Waals surface area (Å²) in [5.41, 5.74) is 0. The standard InChI is InChI=1S/C9H15NO3.ClH/c1-3-13-9(11)7(6-4-5-6)8(10)12-2;/h6-7,10H,3-5H2,1-2H3;1H. The number of ether oxygens (including phenoxy) is 2. The van der Waals surface area contributed by atoms with Crippen molar-refractivity contribution in [2.45, 2.75) is 19.8 Å². The predicted molar refractivity (Wildman–Crippen MR) is 54.8 cm³/mol. The second kappa shape index (κ2) is 5.86. The molecular weight excluding hydrogens is 206 g/mol. The number of halogens is 1. The van der Waals surface area contributed by atoms with Crippen LogP contribution >= 0.6 is 12.4 Å². The summed E-state index contributed by atoms with van der Waals surface area (Å²) < 4.78 is 9.63. The molecule has 0 aliphatic heterocycles. The smallest absolute Gasteiger partial charge is 0.318 e. The van der Waals surface area contributed by atoms with E-state index in [-0.39, 0.29) is 30.2 Å². The first-order valence-corrected chi connectivity index (χ1v) is 4.49. The van der Waals surface area contributed by atoms with Gasteiger partial charge >= 0.3 is 5.97 Å². The Kier molecular flexibility index (Phi) is 5.53. The first kappa shape index (κ1) is 13.2. The molecule has 0 aromatic carbocycles. The SMILES string of the molecule is CCOC(=O)C(C(=N)OC)C1CC1.Cl. The Balaban J connectivity index is 0.00000169. The lowest BCUT2D eigenvalue weighted by Gasteiger charge is -2.14. The van der Waals surface area contributed by atoms with Crippen molar-refractivity contribution >= 4 is 24.3 Å². The van der Waals surface area contributed by atoms with Crippen LogP contribution in [0.5, 0.6) is 0 Å². The molecule has 0 bridgehead atoms. The summed E-state index contributed by atoms with van der Waals surface area (Å²) in [6, 6.07) is 0. The molecule has 0 aromatic heterocycles. The van der Waals surface area contributed by atoms with Crippen molar-refractivity contribution in [1.29, 1.82) is 5.41 Å².